The second-order valence-corrected chi connectivity index (χ2v) is 11.5. The number of rotatable bonds is 2. The van der Waals surface area contributed by atoms with Gasteiger partial charge in [0.25, 0.3) is 0 Å². The molecular weight excluding hydrogens is 489 g/mol. The molecule has 4 nitrogen and oxygen atoms in total. The number of fused-ring (bicyclic) bond motifs is 5. The van der Waals surface area contributed by atoms with E-state index in [-0.39, 0.29) is 17.3 Å². The molecule has 0 unspecified atom stereocenters. The Kier molecular flexibility index (Phi) is 5.12. The van der Waals surface area contributed by atoms with Crippen molar-refractivity contribution in [3.63, 3.8) is 0 Å². The van der Waals surface area contributed by atoms with Gasteiger partial charge in [-0.25, -0.2) is 4.39 Å². The minimum atomic E-state index is -1.58. The Balaban J connectivity index is 1.70. The van der Waals surface area contributed by atoms with E-state index < -0.39 is 34.6 Å². The van der Waals surface area contributed by atoms with Crippen LogP contribution < -0.4 is 4.90 Å². The number of Topliss-reactive ketones (excluding diaryl/α,β-unsaturated/α-hetero) is 3. The standard InChI is InChI=1S/C31H25ClFNO3/c1-30(2,3)29(37)26-25(17-8-12-20(33)13-9-17)31(27(35)21-6-4-5-7-22(21)28(31)36)24-15-10-18-16-19(32)11-14-23(18)34(24)26/h4-16,24-26H,1-3H3/t24-,25-,26-/m0/s1. The molecule has 1 aliphatic carbocycles. The Bertz CT molecular complexity index is 1480. The fraction of sp³-hybridized carbons (Fsp3) is 0.258. The van der Waals surface area contributed by atoms with Crippen LogP contribution in [0, 0.1) is 16.6 Å². The summed E-state index contributed by atoms with van der Waals surface area (Å²) in [4.78, 5) is 45.1. The fourth-order valence-electron chi connectivity index (χ4n) is 6.43. The molecule has 3 aliphatic rings. The molecular formula is C31H25ClFNO3. The van der Waals surface area contributed by atoms with Crippen LogP contribution in [0.1, 0.15) is 58.5 Å². The Morgan fingerprint density at radius 3 is 2.16 bits per heavy atom. The van der Waals surface area contributed by atoms with E-state index in [1.165, 1.54) is 12.1 Å². The predicted octanol–water partition coefficient (Wildman–Crippen LogP) is 6.53. The van der Waals surface area contributed by atoms with Gasteiger partial charge in [0.05, 0.1) is 12.1 Å². The van der Waals surface area contributed by atoms with Gasteiger partial charge in [-0.3, -0.25) is 14.4 Å². The van der Waals surface area contributed by atoms with Gasteiger partial charge in [0.15, 0.2) is 17.3 Å². The molecule has 6 rings (SSSR count). The maximum Gasteiger partial charge on any atom is 0.180 e. The summed E-state index contributed by atoms with van der Waals surface area (Å²) in [6, 6.07) is 16.5. The van der Waals surface area contributed by atoms with Gasteiger partial charge in [-0.15, -0.1) is 0 Å². The molecule has 3 atom stereocenters. The number of carbonyl (C=O) groups is 3. The summed E-state index contributed by atoms with van der Waals surface area (Å²) in [5.74, 6) is -1.97. The van der Waals surface area contributed by atoms with E-state index in [9.17, 15) is 18.8 Å². The number of carbonyl (C=O) groups excluding carboxylic acids is 3. The smallest absolute Gasteiger partial charge is 0.180 e. The monoisotopic (exact) mass is 513 g/mol. The van der Waals surface area contributed by atoms with Crippen LogP contribution >= 0.6 is 11.6 Å². The third-order valence-corrected chi connectivity index (χ3v) is 8.24. The molecule has 0 N–H and O–H groups in total. The molecule has 1 saturated heterocycles. The summed E-state index contributed by atoms with van der Waals surface area (Å²) in [6.45, 7) is 5.52. The molecule has 37 heavy (non-hydrogen) atoms. The van der Waals surface area contributed by atoms with Gasteiger partial charge >= 0.3 is 0 Å². The van der Waals surface area contributed by atoms with E-state index in [4.69, 9.17) is 11.6 Å². The Morgan fingerprint density at radius 1 is 0.946 bits per heavy atom. The van der Waals surface area contributed by atoms with Crippen LogP contribution in [0.4, 0.5) is 10.1 Å². The number of ketones is 3. The van der Waals surface area contributed by atoms with Crippen LogP contribution in [0.5, 0.6) is 0 Å². The van der Waals surface area contributed by atoms with Crippen molar-refractivity contribution in [3.05, 3.63) is 106 Å². The van der Waals surface area contributed by atoms with Crippen molar-refractivity contribution in [2.75, 3.05) is 4.90 Å². The van der Waals surface area contributed by atoms with Gasteiger partial charge in [0.1, 0.15) is 11.2 Å². The number of nitrogens with zero attached hydrogens (tertiary/aromatic N) is 1. The molecule has 6 heteroatoms. The second kappa shape index (κ2) is 7.96. The molecule has 1 spiro atoms. The number of benzene rings is 3. The van der Waals surface area contributed by atoms with Crippen molar-refractivity contribution in [1.29, 1.82) is 0 Å². The summed E-state index contributed by atoms with van der Waals surface area (Å²) in [5, 5.41) is 0.546. The van der Waals surface area contributed by atoms with E-state index in [0.717, 1.165) is 11.3 Å². The molecule has 2 heterocycles. The lowest BCUT2D eigenvalue weighted by molar-refractivity contribution is -0.127. The summed E-state index contributed by atoms with van der Waals surface area (Å²) in [7, 11) is 0. The van der Waals surface area contributed by atoms with Crippen LogP contribution in [0.25, 0.3) is 6.08 Å². The lowest BCUT2D eigenvalue weighted by Crippen LogP contribution is -2.49. The van der Waals surface area contributed by atoms with Crippen LogP contribution in [-0.4, -0.2) is 29.4 Å². The first kappa shape index (κ1) is 23.8. The summed E-state index contributed by atoms with van der Waals surface area (Å²) < 4.78 is 14.1. The first-order valence-corrected chi connectivity index (χ1v) is 12.7. The Labute approximate surface area is 219 Å². The molecule has 1 fully saturated rings. The third-order valence-electron chi connectivity index (χ3n) is 8.00. The van der Waals surface area contributed by atoms with Crippen molar-refractivity contribution in [3.8, 4) is 0 Å². The number of anilines is 1. The van der Waals surface area contributed by atoms with Gasteiger partial charge in [0, 0.05) is 33.2 Å². The molecule has 0 amide bonds. The maximum atomic E-state index is 14.4. The zero-order valence-corrected chi connectivity index (χ0v) is 21.4. The average molecular weight is 514 g/mol. The van der Waals surface area contributed by atoms with Crippen LogP contribution in [0.15, 0.2) is 72.8 Å². The molecule has 0 radical (unpaired) electrons. The Morgan fingerprint density at radius 2 is 1.57 bits per heavy atom. The Hall–Kier alpha value is -3.57. The van der Waals surface area contributed by atoms with Gasteiger partial charge in [0.2, 0.25) is 0 Å². The lowest BCUT2D eigenvalue weighted by atomic mass is 9.63. The van der Waals surface area contributed by atoms with Gasteiger partial charge in [-0.05, 0) is 41.5 Å². The van der Waals surface area contributed by atoms with Crippen molar-refractivity contribution in [2.24, 2.45) is 10.8 Å². The van der Waals surface area contributed by atoms with Crippen LogP contribution in [0.3, 0.4) is 0 Å². The van der Waals surface area contributed by atoms with E-state index >= 15 is 0 Å². The normalized spacial score (nSPS) is 23.3. The highest BCUT2D eigenvalue weighted by molar-refractivity contribution is 6.32. The number of hydrogen-bond acceptors (Lipinski definition) is 4. The SMILES string of the molecule is CC(C)(C)C(=O)[C@@H]1[C@H](c2ccc(F)cc2)C2(C(=O)c3ccccc3C2=O)[C@@H]2C=Cc3cc(Cl)ccc3N12. The minimum absolute atomic E-state index is 0.101. The first-order chi connectivity index (χ1) is 17.6. The molecule has 3 aromatic carbocycles. The van der Waals surface area contributed by atoms with E-state index in [1.807, 2.05) is 50.0 Å². The lowest BCUT2D eigenvalue weighted by Gasteiger charge is -2.38. The topological polar surface area (TPSA) is 54.5 Å². The highest BCUT2D eigenvalue weighted by Gasteiger charge is 2.71. The summed E-state index contributed by atoms with van der Waals surface area (Å²) in [5.41, 5.74) is 0.487. The number of hydrogen-bond donors (Lipinski definition) is 0. The van der Waals surface area contributed by atoms with Crippen LogP contribution in [-0.2, 0) is 4.79 Å². The summed E-state index contributed by atoms with van der Waals surface area (Å²) in [6.07, 6.45) is 3.73. The van der Waals surface area contributed by atoms with Crippen LogP contribution in [0.2, 0.25) is 5.02 Å². The van der Waals surface area contributed by atoms with Gasteiger partial charge < -0.3 is 4.90 Å². The van der Waals surface area contributed by atoms with Gasteiger partial charge in [-0.1, -0.05) is 80.9 Å². The molecule has 3 aromatic rings. The molecule has 2 aliphatic heterocycles. The molecule has 186 valence electrons. The predicted molar refractivity (Wildman–Crippen MR) is 142 cm³/mol. The van der Waals surface area contributed by atoms with Gasteiger partial charge in [-0.2, -0.15) is 0 Å². The average Bonchev–Trinajstić information content (AvgIpc) is 3.29. The van der Waals surface area contributed by atoms with Crippen molar-refractivity contribution < 1.29 is 18.8 Å². The molecule has 0 saturated carbocycles. The van der Waals surface area contributed by atoms with E-state index in [0.29, 0.717) is 21.7 Å². The largest absolute Gasteiger partial charge is 0.352 e. The van der Waals surface area contributed by atoms with E-state index in [1.54, 1.807) is 42.5 Å². The molecule has 0 bridgehead atoms. The van der Waals surface area contributed by atoms with Crippen molar-refractivity contribution in [1.82, 2.24) is 0 Å². The zero-order chi connectivity index (χ0) is 26.3. The second-order valence-electron chi connectivity index (χ2n) is 11.1. The zero-order valence-electron chi connectivity index (χ0n) is 20.7. The maximum absolute atomic E-state index is 14.4. The quantitative estimate of drug-likeness (QED) is 0.366. The summed E-state index contributed by atoms with van der Waals surface area (Å²) >= 11 is 6.30. The highest BCUT2D eigenvalue weighted by atomic mass is 35.5. The highest BCUT2D eigenvalue weighted by Crippen LogP contribution is 2.61. The number of halogens is 2. The first-order valence-electron chi connectivity index (χ1n) is 12.3. The van der Waals surface area contributed by atoms with Crippen molar-refractivity contribution >= 4 is 40.7 Å². The fourth-order valence-corrected chi connectivity index (χ4v) is 6.62. The third kappa shape index (κ3) is 3.16. The minimum Gasteiger partial charge on any atom is -0.352 e. The van der Waals surface area contributed by atoms with E-state index in [2.05, 4.69) is 0 Å². The molecule has 0 aromatic heterocycles. The van der Waals surface area contributed by atoms with Crippen molar-refractivity contribution in [2.45, 2.75) is 38.8 Å².